The van der Waals surface area contributed by atoms with Crippen LogP contribution in [0.4, 0.5) is 0 Å². The molecule has 0 N–H and O–H groups in total. The summed E-state index contributed by atoms with van der Waals surface area (Å²) in [5.41, 5.74) is 0. The lowest BCUT2D eigenvalue weighted by atomic mass is 9.86. The van der Waals surface area contributed by atoms with Crippen molar-refractivity contribution in [2.24, 2.45) is 11.8 Å². The van der Waals surface area contributed by atoms with E-state index in [0.717, 1.165) is 37.8 Å². The largest absolute Gasteiger partial charge is 0.381 e. The zero-order valence-electron chi connectivity index (χ0n) is 10.9. The van der Waals surface area contributed by atoms with E-state index < -0.39 is 0 Å². The molecule has 16 heavy (non-hydrogen) atoms. The van der Waals surface area contributed by atoms with Crippen molar-refractivity contribution in [2.45, 2.75) is 40.0 Å². The van der Waals surface area contributed by atoms with Crippen molar-refractivity contribution in [3.63, 3.8) is 0 Å². The van der Waals surface area contributed by atoms with E-state index in [1.807, 2.05) is 11.8 Å². The van der Waals surface area contributed by atoms with Gasteiger partial charge in [0.15, 0.2) is 0 Å². The third-order valence-electron chi connectivity index (χ3n) is 3.50. The Morgan fingerprint density at radius 2 is 2.00 bits per heavy atom. The molecule has 1 saturated heterocycles. The minimum Gasteiger partial charge on any atom is -0.381 e. The molecule has 1 fully saturated rings. The van der Waals surface area contributed by atoms with Gasteiger partial charge in [0, 0.05) is 19.7 Å². The summed E-state index contributed by atoms with van der Waals surface area (Å²) in [6, 6.07) is 0. The highest BCUT2D eigenvalue weighted by molar-refractivity contribution is 5.76. The molecule has 0 saturated carbocycles. The quantitative estimate of drug-likeness (QED) is 0.675. The van der Waals surface area contributed by atoms with Gasteiger partial charge in [0.2, 0.25) is 5.91 Å². The van der Waals surface area contributed by atoms with E-state index in [1.54, 1.807) is 0 Å². The van der Waals surface area contributed by atoms with Crippen molar-refractivity contribution in [1.82, 2.24) is 4.90 Å². The topological polar surface area (TPSA) is 29.5 Å². The lowest BCUT2D eigenvalue weighted by molar-refractivity contribution is -0.133. The molecule has 3 heteroatoms. The number of piperidine rings is 1. The molecule has 0 atom stereocenters. The summed E-state index contributed by atoms with van der Waals surface area (Å²) in [7, 11) is 0. The molecular formula is C13H25NO2. The maximum absolute atomic E-state index is 11.8. The van der Waals surface area contributed by atoms with Gasteiger partial charge >= 0.3 is 0 Å². The minimum atomic E-state index is 0.260. The van der Waals surface area contributed by atoms with Crippen LogP contribution in [-0.2, 0) is 9.53 Å². The molecule has 0 aromatic heterocycles. The standard InChI is InChI=1S/C13H25NO2/c1-4-16-10-7-13(15)14-8-5-12(6-9-14)11(2)3/h11-12H,4-10H2,1-3H3. The first-order valence-corrected chi connectivity index (χ1v) is 6.50. The molecule has 1 amide bonds. The van der Waals surface area contributed by atoms with Crippen LogP contribution in [0.25, 0.3) is 0 Å². The molecule has 1 rings (SSSR count). The zero-order valence-corrected chi connectivity index (χ0v) is 10.9. The summed E-state index contributed by atoms with van der Waals surface area (Å²) < 4.78 is 5.21. The van der Waals surface area contributed by atoms with E-state index in [1.165, 1.54) is 0 Å². The van der Waals surface area contributed by atoms with Gasteiger partial charge in [-0.05, 0) is 31.6 Å². The van der Waals surface area contributed by atoms with Gasteiger partial charge in [0.1, 0.15) is 0 Å². The van der Waals surface area contributed by atoms with Gasteiger partial charge in [-0.25, -0.2) is 0 Å². The van der Waals surface area contributed by atoms with Crippen LogP contribution in [0.2, 0.25) is 0 Å². The van der Waals surface area contributed by atoms with Crippen molar-refractivity contribution in [3.8, 4) is 0 Å². The van der Waals surface area contributed by atoms with Gasteiger partial charge in [-0.3, -0.25) is 4.79 Å². The number of hydrogen-bond acceptors (Lipinski definition) is 2. The minimum absolute atomic E-state index is 0.260. The molecule has 0 unspecified atom stereocenters. The van der Waals surface area contributed by atoms with Gasteiger partial charge in [-0.15, -0.1) is 0 Å². The van der Waals surface area contributed by atoms with Crippen LogP contribution in [0, 0.1) is 11.8 Å². The highest BCUT2D eigenvalue weighted by atomic mass is 16.5. The molecule has 0 radical (unpaired) electrons. The van der Waals surface area contributed by atoms with Gasteiger partial charge in [-0.2, -0.15) is 0 Å². The Balaban J connectivity index is 2.22. The van der Waals surface area contributed by atoms with Crippen LogP contribution in [-0.4, -0.2) is 37.1 Å². The molecule has 3 nitrogen and oxygen atoms in total. The first kappa shape index (κ1) is 13.5. The Morgan fingerprint density at radius 1 is 1.38 bits per heavy atom. The SMILES string of the molecule is CCOCCC(=O)N1CCC(C(C)C)CC1. The molecule has 1 aliphatic heterocycles. The van der Waals surface area contributed by atoms with Crippen LogP contribution >= 0.6 is 0 Å². The third kappa shape index (κ3) is 4.12. The van der Waals surface area contributed by atoms with E-state index in [9.17, 15) is 4.79 Å². The Labute approximate surface area is 99.1 Å². The van der Waals surface area contributed by atoms with Crippen molar-refractivity contribution in [1.29, 1.82) is 0 Å². The summed E-state index contributed by atoms with van der Waals surface area (Å²) in [5, 5.41) is 0. The summed E-state index contributed by atoms with van der Waals surface area (Å²) in [6.45, 7) is 9.65. The number of rotatable bonds is 5. The predicted octanol–water partition coefficient (Wildman–Crippen LogP) is 2.31. The lowest BCUT2D eigenvalue weighted by Gasteiger charge is -2.33. The predicted molar refractivity (Wildman–Crippen MR) is 65.3 cm³/mol. The van der Waals surface area contributed by atoms with Crippen molar-refractivity contribution >= 4 is 5.91 Å². The fourth-order valence-electron chi connectivity index (χ4n) is 2.28. The number of carbonyl (C=O) groups excluding carboxylic acids is 1. The maximum atomic E-state index is 11.8. The smallest absolute Gasteiger partial charge is 0.224 e. The second kappa shape index (κ2) is 6.89. The fourth-order valence-corrected chi connectivity index (χ4v) is 2.28. The molecule has 0 bridgehead atoms. The normalized spacial score (nSPS) is 18.1. The van der Waals surface area contributed by atoms with E-state index in [2.05, 4.69) is 13.8 Å². The van der Waals surface area contributed by atoms with Gasteiger partial charge in [0.05, 0.1) is 13.0 Å². The van der Waals surface area contributed by atoms with Crippen LogP contribution < -0.4 is 0 Å². The van der Waals surface area contributed by atoms with Gasteiger partial charge < -0.3 is 9.64 Å². The first-order valence-electron chi connectivity index (χ1n) is 6.50. The van der Waals surface area contributed by atoms with Gasteiger partial charge in [0.25, 0.3) is 0 Å². The Bertz CT molecular complexity index is 208. The number of likely N-dealkylation sites (tertiary alicyclic amines) is 1. The Hall–Kier alpha value is -0.570. The van der Waals surface area contributed by atoms with Crippen molar-refractivity contribution < 1.29 is 9.53 Å². The average molecular weight is 227 g/mol. The molecular weight excluding hydrogens is 202 g/mol. The van der Waals surface area contributed by atoms with Crippen molar-refractivity contribution in [3.05, 3.63) is 0 Å². The lowest BCUT2D eigenvalue weighted by Crippen LogP contribution is -2.39. The summed E-state index contributed by atoms with van der Waals surface area (Å²) in [5.74, 6) is 1.81. The number of hydrogen-bond donors (Lipinski definition) is 0. The summed E-state index contributed by atoms with van der Waals surface area (Å²) in [4.78, 5) is 13.8. The summed E-state index contributed by atoms with van der Waals surface area (Å²) in [6.07, 6.45) is 2.87. The molecule has 0 aromatic carbocycles. The molecule has 0 spiro atoms. The molecule has 0 aromatic rings. The molecule has 0 aliphatic carbocycles. The number of ether oxygens (including phenoxy) is 1. The number of carbonyl (C=O) groups is 1. The highest BCUT2D eigenvalue weighted by Gasteiger charge is 2.23. The van der Waals surface area contributed by atoms with Crippen LogP contribution in [0.1, 0.15) is 40.0 Å². The number of nitrogens with zero attached hydrogens (tertiary/aromatic N) is 1. The van der Waals surface area contributed by atoms with Gasteiger partial charge in [-0.1, -0.05) is 13.8 Å². The Morgan fingerprint density at radius 3 is 2.50 bits per heavy atom. The van der Waals surface area contributed by atoms with Crippen LogP contribution in [0.3, 0.4) is 0 Å². The highest BCUT2D eigenvalue weighted by Crippen LogP contribution is 2.24. The Kier molecular flexibility index (Phi) is 5.81. The van der Waals surface area contributed by atoms with Crippen molar-refractivity contribution in [2.75, 3.05) is 26.3 Å². The molecule has 94 valence electrons. The van der Waals surface area contributed by atoms with Crippen LogP contribution in [0.15, 0.2) is 0 Å². The zero-order chi connectivity index (χ0) is 12.0. The monoisotopic (exact) mass is 227 g/mol. The number of amides is 1. The van der Waals surface area contributed by atoms with Crippen LogP contribution in [0.5, 0.6) is 0 Å². The molecule has 1 heterocycles. The maximum Gasteiger partial charge on any atom is 0.224 e. The van der Waals surface area contributed by atoms with E-state index in [-0.39, 0.29) is 5.91 Å². The molecule has 1 aliphatic rings. The summed E-state index contributed by atoms with van der Waals surface area (Å²) >= 11 is 0. The van der Waals surface area contributed by atoms with E-state index in [4.69, 9.17) is 4.74 Å². The average Bonchev–Trinajstić information content (AvgIpc) is 2.29. The van der Waals surface area contributed by atoms with E-state index >= 15 is 0 Å². The van der Waals surface area contributed by atoms with E-state index in [0.29, 0.717) is 19.6 Å². The fraction of sp³-hybridized carbons (Fsp3) is 0.923. The second-order valence-corrected chi connectivity index (χ2v) is 4.91. The first-order chi connectivity index (χ1) is 7.65. The third-order valence-corrected chi connectivity index (χ3v) is 3.50. The second-order valence-electron chi connectivity index (χ2n) is 4.91.